The largest absolute Gasteiger partial charge is 0.431 e. The summed E-state index contributed by atoms with van der Waals surface area (Å²) in [5, 5.41) is 0. The molecule has 0 N–H and O–H groups in total. The molecule has 1 aromatic carbocycles. The Kier molecular flexibility index (Phi) is 2.52. The summed E-state index contributed by atoms with van der Waals surface area (Å²) in [6.45, 7) is 0. The van der Waals surface area contributed by atoms with Crippen LogP contribution in [0.2, 0.25) is 0 Å². The van der Waals surface area contributed by atoms with Crippen LogP contribution < -0.4 is 0 Å². The minimum Gasteiger partial charge on any atom is -0.431 e. The summed E-state index contributed by atoms with van der Waals surface area (Å²) < 4.78 is 6.37. The summed E-state index contributed by atoms with van der Waals surface area (Å²) in [6.07, 6.45) is 5.17. The molecule has 4 rings (SSSR count). The van der Waals surface area contributed by atoms with E-state index in [0.717, 1.165) is 22.6 Å². The lowest BCUT2D eigenvalue weighted by molar-refractivity contribution is -0.00895. The lowest BCUT2D eigenvalue weighted by Gasteiger charge is -2.18. The summed E-state index contributed by atoms with van der Waals surface area (Å²) in [5.74, 6) is -0.155. The number of fused-ring (bicyclic) bond motifs is 2. The van der Waals surface area contributed by atoms with E-state index in [0.29, 0.717) is 3.92 Å². The van der Waals surface area contributed by atoms with Gasteiger partial charge in [-0.1, -0.05) is 52.6 Å². The number of hydrogen-bond donors (Lipinski definition) is 0. The van der Waals surface area contributed by atoms with E-state index in [2.05, 4.69) is 34.7 Å². The molecule has 2 heterocycles. The van der Waals surface area contributed by atoms with Crippen LogP contribution in [0.5, 0.6) is 0 Å². The summed E-state index contributed by atoms with van der Waals surface area (Å²) in [7, 11) is 0. The van der Waals surface area contributed by atoms with Gasteiger partial charge in [-0.15, -0.1) is 9.78 Å². The Hall–Kier alpha value is -0.500. The van der Waals surface area contributed by atoms with E-state index in [9.17, 15) is 0 Å². The molecule has 1 saturated heterocycles. The molecule has 1 spiro atoms. The van der Waals surface area contributed by atoms with Crippen LogP contribution in [0.1, 0.15) is 12.0 Å². The zero-order chi connectivity index (χ0) is 12.2. The van der Waals surface area contributed by atoms with Gasteiger partial charge in [0.2, 0.25) is 0 Å². The molecular formula is C13H9IO3S. The highest BCUT2D eigenvalue weighted by molar-refractivity contribution is 14.1. The molecule has 0 saturated carbocycles. The van der Waals surface area contributed by atoms with Crippen LogP contribution in [0.4, 0.5) is 0 Å². The quantitative estimate of drug-likeness (QED) is 0.300. The molecule has 3 aliphatic rings. The first kappa shape index (κ1) is 11.3. The van der Waals surface area contributed by atoms with Gasteiger partial charge in [0, 0.05) is 13.7 Å². The second-order valence-corrected chi connectivity index (χ2v) is 6.84. The van der Waals surface area contributed by atoms with Crippen molar-refractivity contribution in [1.82, 2.24) is 0 Å². The summed E-state index contributed by atoms with van der Waals surface area (Å²) in [6, 6.07) is 8.05. The summed E-state index contributed by atoms with van der Waals surface area (Å²) in [5.41, 5.74) is 0.946. The van der Waals surface area contributed by atoms with E-state index < -0.39 is 5.97 Å². The second-order valence-electron chi connectivity index (χ2n) is 4.26. The standard InChI is InChI=1S/C13H9IO3S/c14-9-5-3-6-10-12(9)18-11-7-2-1-4-8(11)13(15-10)16-17-13/h1-4,6-7,9H,5H2. The number of ether oxygens (including phenoxy) is 1. The van der Waals surface area contributed by atoms with E-state index in [1.807, 2.05) is 24.3 Å². The van der Waals surface area contributed by atoms with E-state index in [4.69, 9.17) is 14.5 Å². The van der Waals surface area contributed by atoms with Crippen LogP contribution in [0.25, 0.3) is 0 Å². The lowest BCUT2D eigenvalue weighted by Crippen LogP contribution is -2.14. The maximum absolute atomic E-state index is 5.93. The first-order valence-corrected chi connectivity index (χ1v) is 7.73. The van der Waals surface area contributed by atoms with Gasteiger partial charge in [-0.05, 0) is 24.6 Å². The van der Waals surface area contributed by atoms with Crippen LogP contribution in [0.3, 0.4) is 0 Å². The first-order valence-electron chi connectivity index (χ1n) is 5.66. The number of thioether (sulfide) groups is 1. The average molecular weight is 372 g/mol. The maximum Gasteiger partial charge on any atom is 0.411 e. The van der Waals surface area contributed by atoms with Crippen molar-refractivity contribution in [1.29, 1.82) is 0 Å². The number of rotatable bonds is 0. The van der Waals surface area contributed by atoms with Crippen molar-refractivity contribution in [3.05, 3.63) is 52.6 Å². The minimum atomic E-state index is -1.02. The molecule has 0 bridgehead atoms. The third-order valence-corrected chi connectivity index (χ3v) is 5.89. The van der Waals surface area contributed by atoms with Crippen molar-refractivity contribution in [3.63, 3.8) is 0 Å². The SMILES string of the molecule is IC1CC=CC2=C1Sc1ccccc1C1(OO1)O2. The Balaban J connectivity index is 1.88. The van der Waals surface area contributed by atoms with Crippen LogP contribution in [-0.2, 0) is 20.5 Å². The van der Waals surface area contributed by atoms with Crippen LogP contribution in [0, 0.1) is 0 Å². The van der Waals surface area contributed by atoms with Crippen molar-refractivity contribution in [2.45, 2.75) is 21.2 Å². The number of benzene rings is 1. The number of alkyl halides is 1. The summed E-state index contributed by atoms with van der Waals surface area (Å²) >= 11 is 4.20. The van der Waals surface area contributed by atoms with Crippen LogP contribution in [-0.4, -0.2) is 3.92 Å². The molecule has 92 valence electrons. The van der Waals surface area contributed by atoms with E-state index in [1.54, 1.807) is 11.8 Å². The highest BCUT2D eigenvalue weighted by Gasteiger charge is 2.57. The van der Waals surface area contributed by atoms with Crippen molar-refractivity contribution < 1.29 is 14.5 Å². The van der Waals surface area contributed by atoms with Gasteiger partial charge in [0.1, 0.15) is 5.76 Å². The van der Waals surface area contributed by atoms with Gasteiger partial charge < -0.3 is 4.74 Å². The number of allylic oxidation sites excluding steroid dienone is 3. The predicted octanol–water partition coefficient (Wildman–Crippen LogP) is 3.86. The third kappa shape index (κ3) is 1.65. The molecule has 1 aliphatic carbocycles. The Morgan fingerprint density at radius 1 is 1.28 bits per heavy atom. The second kappa shape index (κ2) is 4.00. The molecule has 5 heteroatoms. The van der Waals surface area contributed by atoms with Crippen LogP contribution in [0.15, 0.2) is 52.0 Å². The highest BCUT2D eigenvalue weighted by atomic mass is 127. The average Bonchev–Trinajstić information content (AvgIpc) is 3.16. The number of halogens is 1. The normalized spacial score (nSPS) is 27.3. The third-order valence-electron chi connectivity index (χ3n) is 3.06. The van der Waals surface area contributed by atoms with Gasteiger partial charge in [-0.2, -0.15) is 0 Å². The Morgan fingerprint density at radius 2 is 2.11 bits per heavy atom. The maximum atomic E-state index is 5.93. The van der Waals surface area contributed by atoms with Crippen molar-refractivity contribution in [2.75, 3.05) is 0 Å². The predicted molar refractivity (Wildman–Crippen MR) is 75.8 cm³/mol. The minimum absolute atomic E-state index is 0.439. The van der Waals surface area contributed by atoms with Crippen molar-refractivity contribution in [3.8, 4) is 0 Å². The molecule has 3 nitrogen and oxygen atoms in total. The van der Waals surface area contributed by atoms with E-state index in [-0.39, 0.29) is 0 Å². The van der Waals surface area contributed by atoms with Gasteiger partial charge in [-0.25, -0.2) is 0 Å². The monoisotopic (exact) mass is 372 g/mol. The lowest BCUT2D eigenvalue weighted by atomic mass is 10.1. The molecule has 1 atom stereocenters. The summed E-state index contributed by atoms with van der Waals surface area (Å²) in [4.78, 5) is 12.6. The first-order chi connectivity index (χ1) is 8.78. The zero-order valence-corrected chi connectivity index (χ0v) is 12.2. The smallest absolute Gasteiger partial charge is 0.411 e. The molecule has 0 amide bonds. The Labute approximate surface area is 122 Å². The highest BCUT2D eigenvalue weighted by Crippen LogP contribution is 2.53. The molecule has 0 radical (unpaired) electrons. The van der Waals surface area contributed by atoms with Gasteiger partial charge in [0.25, 0.3) is 0 Å². The van der Waals surface area contributed by atoms with Crippen molar-refractivity contribution in [2.24, 2.45) is 0 Å². The van der Waals surface area contributed by atoms with E-state index in [1.165, 1.54) is 4.91 Å². The Morgan fingerprint density at radius 3 is 2.94 bits per heavy atom. The van der Waals surface area contributed by atoms with Crippen LogP contribution >= 0.6 is 34.4 Å². The molecule has 1 aromatic rings. The topological polar surface area (TPSA) is 34.3 Å². The van der Waals surface area contributed by atoms with Gasteiger partial charge in [0.15, 0.2) is 0 Å². The van der Waals surface area contributed by atoms with Gasteiger partial charge >= 0.3 is 5.97 Å². The molecule has 18 heavy (non-hydrogen) atoms. The molecule has 2 aliphatic heterocycles. The van der Waals surface area contributed by atoms with Gasteiger partial charge in [-0.3, -0.25) is 0 Å². The molecule has 1 unspecified atom stereocenters. The van der Waals surface area contributed by atoms with Gasteiger partial charge in [0.05, 0.1) is 5.56 Å². The Bertz CT molecular complexity index is 577. The molecule has 0 aromatic heterocycles. The fraction of sp³-hybridized carbons (Fsp3) is 0.231. The fourth-order valence-electron chi connectivity index (χ4n) is 2.13. The fourth-order valence-corrected chi connectivity index (χ4v) is 4.23. The van der Waals surface area contributed by atoms with E-state index >= 15 is 0 Å². The van der Waals surface area contributed by atoms with Crippen molar-refractivity contribution >= 4 is 34.4 Å². The number of hydrogen-bond acceptors (Lipinski definition) is 4. The zero-order valence-electron chi connectivity index (χ0n) is 9.26. The molecule has 1 fully saturated rings. The molecular weight excluding hydrogens is 363 g/mol.